The molecule has 3 N–H and O–H groups in total. The highest BCUT2D eigenvalue weighted by atomic mass is 16.2. The fourth-order valence-corrected chi connectivity index (χ4v) is 2.63. The van der Waals surface area contributed by atoms with E-state index in [0.717, 1.165) is 16.5 Å². The number of benzene rings is 2. The Morgan fingerprint density at radius 1 is 1.04 bits per heavy atom. The van der Waals surface area contributed by atoms with Crippen LogP contribution in [-0.4, -0.2) is 16.8 Å². The lowest BCUT2D eigenvalue weighted by Gasteiger charge is -2.16. The number of carbonyl (C=O) groups is 2. The number of nitrogens with two attached hydrogens (primary N) is 1. The van der Waals surface area contributed by atoms with Gasteiger partial charge < -0.3 is 11.1 Å². The van der Waals surface area contributed by atoms with Crippen molar-refractivity contribution >= 4 is 28.4 Å². The van der Waals surface area contributed by atoms with E-state index in [1.165, 1.54) is 0 Å². The van der Waals surface area contributed by atoms with E-state index in [0.29, 0.717) is 5.69 Å². The molecule has 0 radical (unpaired) electrons. The highest BCUT2D eigenvalue weighted by molar-refractivity contribution is 5.99. The summed E-state index contributed by atoms with van der Waals surface area (Å²) < 4.78 is 0. The van der Waals surface area contributed by atoms with Gasteiger partial charge in [-0.15, -0.1) is 0 Å². The first-order valence-electron chi connectivity index (χ1n) is 7.62. The molecule has 0 aliphatic rings. The molecule has 3 rings (SSSR count). The number of rotatable bonds is 5. The lowest BCUT2D eigenvalue weighted by molar-refractivity contribution is -0.123. The van der Waals surface area contributed by atoms with Crippen LogP contribution in [0.1, 0.15) is 17.9 Å². The number of hydrogen-bond donors (Lipinski definition) is 2. The maximum absolute atomic E-state index is 12.7. The third kappa shape index (κ3) is 3.57. The van der Waals surface area contributed by atoms with Crippen LogP contribution in [-0.2, 0) is 9.59 Å². The van der Waals surface area contributed by atoms with Crippen LogP contribution in [0.5, 0.6) is 0 Å². The Labute approximate surface area is 139 Å². The van der Waals surface area contributed by atoms with Crippen LogP contribution >= 0.6 is 0 Å². The van der Waals surface area contributed by atoms with Crippen LogP contribution in [0.25, 0.3) is 10.9 Å². The van der Waals surface area contributed by atoms with Gasteiger partial charge in [-0.2, -0.15) is 0 Å². The standard InChI is InChI=1S/C19H17N3O2/c20-18(23)12-16(13-5-2-1-3-6-13)19(24)22-15-8-9-17-14(11-15)7-4-10-21-17/h1-11,16H,12H2,(H2,20,23)(H,22,24). The summed E-state index contributed by atoms with van der Waals surface area (Å²) in [4.78, 5) is 28.2. The minimum absolute atomic E-state index is 0.0367. The van der Waals surface area contributed by atoms with Gasteiger partial charge >= 0.3 is 0 Å². The van der Waals surface area contributed by atoms with E-state index >= 15 is 0 Å². The van der Waals surface area contributed by atoms with E-state index < -0.39 is 11.8 Å². The second-order valence-electron chi connectivity index (χ2n) is 5.53. The maximum Gasteiger partial charge on any atom is 0.232 e. The molecule has 0 fully saturated rings. The van der Waals surface area contributed by atoms with E-state index in [1.807, 2.05) is 54.6 Å². The highest BCUT2D eigenvalue weighted by Gasteiger charge is 2.22. The van der Waals surface area contributed by atoms with E-state index in [4.69, 9.17) is 5.73 Å². The van der Waals surface area contributed by atoms with Crippen molar-refractivity contribution in [2.45, 2.75) is 12.3 Å². The zero-order valence-electron chi connectivity index (χ0n) is 13.0. The van der Waals surface area contributed by atoms with Gasteiger partial charge in [-0.25, -0.2) is 0 Å². The zero-order chi connectivity index (χ0) is 16.9. The molecule has 0 aliphatic carbocycles. The van der Waals surface area contributed by atoms with Crippen LogP contribution in [0.4, 0.5) is 5.69 Å². The number of fused-ring (bicyclic) bond motifs is 1. The number of aromatic nitrogens is 1. The summed E-state index contributed by atoms with van der Waals surface area (Å²) >= 11 is 0. The first kappa shape index (κ1) is 15.7. The minimum Gasteiger partial charge on any atom is -0.370 e. The molecular weight excluding hydrogens is 302 g/mol. The molecule has 120 valence electrons. The largest absolute Gasteiger partial charge is 0.370 e. The molecule has 0 saturated carbocycles. The van der Waals surface area contributed by atoms with Crippen LogP contribution in [0.15, 0.2) is 66.9 Å². The Balaban J connectivity index is 1.85. The summed E-state index contributed by atoms with van der Waals surface area (Å²) in [5.74, 6) is -1.39. The van der Waals surface area contributed by atoms with Gasteiger partial charge in [-0.3, -0.25) is 14.6 Å². The van der Waals surface area contributed by atoms with E-state index in [9.17, 15) is 9.59 Å². The summed E-state index contributed by atoms with van der Waals surface area (Å²) in [6, 6.07) is 18.4. The summed E-state index contributed by atoms with van der Waals surface area (Å²) in [5, 5.41) is 3.80. The first-order valence-corrected chi connectivity index (χ1v) is 7.62. The average Bonchev–Trinajstić information content (AvgIpc) is 2.60. The molecule has 2 amide bonds. The van der Waals surface area contributed by atoms with Gasteiger partial charge in [0.2, 0.25) is 11.8 Å². The number of hydrogen-bond acceptors (Lipinski definition) is 3. The van der Waals surface area contributed by atoms with Crippen molar-refractivity contribution in [2.75, 3.05) is 5.32 Å². The second-order valence-corrected chi connectivity index (χ2v) is 5.53. The van der Waals surface area contributed by atoms with E-state index in [1.54, 1.807) is 12.3 Å². The summed E-state index contributed by atoms with van der Waals surface area (Å²) in [6.07, 6.45) is 1.68. The Hall–Kier alpha value is -3.21. The van der Waals surface area contributed by atoms with Crippen LogP contribution in [0.2, 0.25) is 0 Å². The van der Waals surface area contributed by atoms with Crippen molar-refractivity contribution in [1.82, 2.24) is 4.98 Å². The molecule has 0 saturated heterocycles. The predicted octanol–water partition coefficient (Wildman–Crippen LogP) is 2.83. The van der Waals surface area contributed by atoms with Crippen molar-refractivity contribution < 1.29 is 9.59 Å². The van der Waals surface area contributed by atoms with Crippen molar-refractivity contribution in [1.29, 1.82) is 0 Å². The third-order valence-electron chi connectivity index (χ3n) is 3.79. The third-order valence-corrected chi connectivity index (χ3v) is 3.79. The Morgan fingerprint density at radius 3 is 2.58 bits per heavy atom. The number of carbonyl (C=O) groups excluding carboxylic acids is 2. The summed E-state index contributed by atoms with van der Waals surface area (Å²) in [6.45, 7) is 0. The van der Waals surface area contributed by atoms with Crippen molar-refractivity contribution in [3.63, 3.8) is 0 Å². The van der Waals surface area contributed by atoms with Gasteiger partial charge in [0.1, 0.15) is 0 Å². The Bertz CT molecular complexity index is 878. The first-order chi connectivity index (χ1) is 11.6. The highest BCUT2D eigenvalue weighted by Crippen LogP contribution is 2.23. The number of anilines is 1. The molecule has 1 heterocycles. The van der Waals surface area contributed by atoms with Gasteiger partial charge in [-0.05, 0) is 29.8 Å². The predicted molar refractivity (Wildman–Crippen MR) is 93.4 cm³/mol. The quantitative estimate of drug-likeness (QED) is 0.758. The van der Waals surface area contributed by atoms with Crippen molar-refractivity contribution in [2.24, 2.45) is 5.73 Å². The molecule has 0 bridgehead atoms. The van der Waals surface area contributed by atoms with Crippen LogP contribution in [0, 0.1) is 0 Å². The molecule has 24 heavy (non-hydrogen) atoms. The van der Waals surface area contributed by atoms with Crippen LogP contribution in [0.3, 0.4) is 0 Å². The minimum atomic E-state index is -0.617. The second kappa shape index (κ2) is 6.91. The van der Waals surface area contributed by atoms with E-state index in [-0.39, 0.29) is 12.3 Å². The van der Waals surface area contributed by atoms with Gasteiger partial charge in [0.05, 0.1) is 11.4 Å². The molecule has 1 atom stereocenters. The topological polar surface area (TPSA) is 85.1 Å². The van der Waals surface area contributed by atoms with Gasteiger partial charge in [0.15, 0.2) is 0 Å². The van der Waals surface area contributed by atoms with Crippen molar-refractivity contribution in [3.05, 3.63) is 72.4 Å². The van der Waals surface area contributed by atoms with Crippen molar-refractivity contribution in [3.8, 4) is 0 Å². The lowest BCUT2D eigenvalue weighted by Crippen LogP contribution is -2.26. The number of primary amides is 1. The molecule has 3 aromatic rings. The van der Waals surface area contributed by atoms with Gasteiger partial charge in [0, 0.05) is 23.7 Å². The monoisotopic (exact) mass is 319 g/mol. The normalized spacial score (nSPS) is 11.8. The molecule has 1 unspecified atom stereocenters. The smallest absolute Gasteiger partial charge is 0.232 e. The molecule has 2 aromatic carbocycles. The Morgan fingerprint density at radius 2 is 1.83 bits per heavy atom. The molecule has 5 heteroatoms. The SMILES string of the molecule is NC(=O)CC(C(=O)Nc1ccc2ncccc2c1)c1ccccc1. The number of amides is 2. The molecule has 0 spiro atoms. The number of nitrogens with zero attached hydrogens (tertiary/aromatic N) is 1. The maximum atomic E-state index is 12.7. The molecule has 0 aliphatic heterocycles. The molecule has 1 aromatic heterocycles. The fourth-order valence-electron chi connectivity index (χ4n) is 2.63. The average molecular weight is 319 g/mol. The Kier molecular flexibility index (Phi) is 4.52. The van der Waals surface area contributed by atoms with Gasteiger partial charge in [-0.1, -0.05) is 36.4 Å². The summed E-state index contributed by atoms with van der Waals surface area (Å²) in [7, 11) is 0. The fraction of sp³-hybridized carbons (Fsp3) is 0.105. The van der Waals surface area contributed by atoms with E-state index in [2.05, 4.69) is 10.3 Å². The molecular formula is C19H17N3O2. The van der Waals surface area contributed by atoms with Gasteiger partial charge in [0.25, 0.3) is 0 Å². The summed E-state index contributed by atoms with van der Waals surface area (Å²) in [5.41, 5.74) is 7.58. The zero-order valence-corrected chi connectivity index (χ0v) is 13.0. The number of nitrogens with one attached hydrogen (secondary N) is 1. The van der Waals surface area contributed by atoms with Crippen LogP contribution < -0.4 is 11.1 Å². The number of pyridine rings is 1. The molecule has 5 nitrogen and oxygen atoms in total. The lowest BCUT2D eigenvalue weighted by atomic mass is 9.94.